The lowest BCUT2D eigenvalue weighted by Gasteiger charge is -2.39. The number of fused-ring (bicyclic) bond motifs is 1. The number of piperidine rings is 1. The molecule has 1 heterocycles. The molecule has 1 amide bonds. The third-order valence-electron chi connectivity index (χ3n) is 5.37. The molecule has 4 heteroatoms. The summed E-state index contributed by atoms with van der Waals surface area (Å²) in [5.41, 5.74) is 0.143. The Hall–Kier alpha value is -1.06. The Morgan fingerprint density at radius 2 is 1.75 bits per heavy atom. The minimum Gasteiger partial charge on any atom is -0.385 e. The zero-order valence-electron chi connectivity index (χ0n) is 11.3. The van der Waals surface area contributed by atoms with Crippen molar-refractivity contribution in [3.05, 3.63) is 34.9 Å². The molecule has 106 valence electrons. The molecule has 0 unspecified atom stereocenters. The lowest BCUT2D eigenvalue weighted by atomic mass is 9.84. The quantitative estimate of drug-likeness (QED) is 0.910. The molecular formula is C16H18ClNO2. The molecule has 3 fully saturated rings. The number of halogens is 1. The molecule has 2 aliphatic carbocycles. The fraction of sp³-hybridized carbons (Fsp3) is 0.562. The van der Waals surface area contributed by atoms with Crippen LogP contribution in [0.3, 0.4) is 0 Å². The van der Waals surface area contributed by atoms with E-state index in [2.05, 4.69) is 0 Å². The van der Waals surface area contributed by atoms with Crippen molar-refractivity contribution >= 4 is 17.5 Å². The van der Waals surface area contributed by atoms with Crippen molar-refractivity contribution in [3.8, 4) is 0 Å². The summed E-state index contributed by atoms with van der Waals surface area (Å²) in [6.07, 6.45) is 3.43. The molecule has 2 saturated carbocycles. The molecular weight excluding hydrogens is 274 g/mol. The van der Waals surface area contributed by atoms with Crippen molar-refractivity contribution in [2.45, 2.75) is 31.3 Å². The van der Waals surface area contributed by atoms with E-state index in [0.29, 0.717) is 42.8 Å². The molecule has 1 saturated heterocycles. The van der Waals surface area contributed by atoms with E-state index in [4.69, 9.17) is 11.6 Å². The summed E-state index contributed by atoms with van der Waals surface area (Å²) in [4.78, 5) is 14.3. The number of hydrogen-bond acceptors (Lipinski definition) is 2. The number of aliphatic hydroxyl groups is 1. The highest BCUT2D eigenvalue weighted by atomic mass is 35.5. The van der Waals surface area contributed by atoms with E-state index in [1.54, 1.807) is 0 Å². The highest BCUT2D eigenvalue weighted by molar-refractivity contribution is 6.30. The van der Waals surface area contributed by atoms with Crippen LogP contribution in [0.15, 0.2) is 24.3 Å². The predicted molar refractivity (Wildman–Crippen MR) is 76.3 cm³/mol. The summed E-state index contributed by atoms with van der Waals surface area (Å²) in [6.45, 7) is 1.32. The van der Waals surface area contributed by atoms with Gasteiger partial charge in [0.2, 0.25) is 5.91 Å². The highest BCUT2D eigenvalue weighted by Crippen LogP contribution is 2.76. The number of carbonyl (C=O) groups is 1. The summed E-state index contributed by atoms with van der Waals surface area (Å²) in [7, 11) is 0. The van der Waals surface area contributed by atoms with Crippen molar-refractivity contribution in [1.82, 2.24) is 4.90 Å². The van der Waals surface area contributed by atoms with Crippen molar-refractivity contribution in [1.29, 1.82) is 0 Å². The second-order valence-electron chi connectivity index (χ2n) is 6.59. The number of likely N-dealkylation sites (tertiary alicyclic amines) is 1. The van der Waals surface area contributed by atoms with Gasteiger partial charge in [-0.1, -0.05) is 23.7 Å². The standard InChI is InChI=1S/C16H18ClNO2/c17-13-3-1-11(2-4-13)16(20)5-7-18(8-6-16)14(19)15-9-12(15)10-15/h1-4,12,20H,5-10H2. The molecule has 3 nitrogen and oxygen atoms in total. The average molecular weight is 292 g/mol. The number of nitrogens with zero attached hydrogens (tertiary/aromatic N) is 1. The van der Waals surface area contributed by atoms with E-state index in [0.717, 1.165) is 18.4 Å². The summed E-state index contributed by atoms with van der Waals surface area (Å²) in [5, 5.41) is 11.5. The van der Waals surface area contributed by atoms with E-state index in [1.165, 1.54) is 0 Å². The smallest absolute Gasteiger partial charge is 0.229 e. The lowest BCUT2D eigenvalue weighted by Crippen LogP contribution is -2.46. The van der Waals surface area contributed by atoms with Crippen molar-refractivity contribution < 1.29 is 9.90 Å². The molecule has 1 aliphatic heterocycles. The molecule has 0 spiro atoms. The summed E-state index contributed by atoms with van der Waals surface area (Å²) >= 11 is 5.89. The van der Waals surface area contributed by atoms with Crippen LogP contribution in [0.1, 0.15) is 31.2 Å². The monoisotopic (exact) mass is 291 g/mol. The topological polar surface area (TPSA) is 40.5 Å². The third kappa shape index (κ3) is 1.80. The van der Waals surface area contributed by atoms with Crippen LogP contribution in [-0.2, 0) is 10.4 Å². The molecule has 0 aromatic heterocycles. The van der Waals surface area contributed by atoms with E-state index < -0.39 is 5.60 Å². The Balaban J connectivity index is 1.45. The Morgan fingerprint density at radius 3 is 2.25 bits per heavy atom. The van der Waals surface area contributed by atoms with Crippen LogP contribution < -0.4 is 0 Å². The van der Waals surface area contributed by atoms with Crippen LogP contribution >= 0.6 is 11.6 Å². The first-order valence-corrected chi connectivity index (χ1v) is 7.69. The van der Waals surface area contributed by atoms with Gasteiger partial charge in [-0.05, 0) is 49.3 Å². The first-order chi connectivity index (χ1) is 9.53. The molecule has 0 atom stereocenters. The van der Waals surface area contributed by atoms with Gasteiger partial charge in [0.25, 0.3) is 0 Å². The van der Waals surface area contributed by atoms with Crippen LogP contribution in [0.25, 0.3) is 0 Å². The summed E-state index contributed by atoms with van der Waals surface area (Å²) in [6, 6.07) is 7.39. The van der Waals surface area contributed by atoms with Gasteiger partial charge in [-0.15, -0.1) is 0 Å². The van der Waals surface area contributed by atoms with Gasteiger partial charge in [-0.2, -0.15) is 0 Å². The van der Waals surface area contributed by atoms with Gasteiger partial charge in [0.15, 0.2) is 0 Å². The SMILES string of the molecule is O=C(N1CCC(O)(c2ccc(Cl)cc2)CC1)C12CC1C2. The van der Waals surface area contributed by atoms with Crippen LogP contribution in [-0.4, -0.2) is 29.0 Å². The maximum absolute atomic E-state index is 12.3. The van der Waals surface area contributed by atoms with E-state index >= 15 is 0 Å². The molecule has 20 heavy (non-hydrogen) atoms. The van der Waals surface area contributed by atoms with Crippen molar-refractivity contribution in [3.63, 3.8) is 0 Å². The molecule has 1 aromatic rings. The maximum Gasteiger partial charge on any atom is 0.229 e. The lowest BCUT2D eigenvalue weighted by molar-refractivity contribution is -0.139. The summed E-state index contributed by atoms with van der Waals surface area (Å²) < 4.78 is 0. The maximum atomic E-state index is 12.3. The first kappa shape index (κ1) is 12.7. The number of carbonyl (C=O) groups excluding carboxylic acids is 1. The van der Waals surface area contributed by atoms with Crippen molar-refractivity contribution in [2.75, 3.05) is 13.1 Å². The zero-order chi connectivity index (χ0) is 14.0. The fourth-order valence-corrected chi connectivity index (χ4v) is 3.62. The van der Waals surface area contributed by atoms with Gasteiger partial charge >= 0.3 is 0 Å². The van der Waals surface area contributed by atoms with Crippen LogP contribution in [0.5, 0.6) is 0 Å². The number of hydrogen-bond donors (Lipinski definition) is 1. The Bertz CT molecular complexity index is 554. The molecule has 1 aromatic carbocycles. The Morgan fingerprint density at radius 1 is 1.20 bits per heavy atom. The third-order valence-corrected chi connectivity index (χ3v) is 5.62. The second-order valence-corrected chi connectivity index (χ2v) is 7.03. The van der Waals surface area contributed by atoms with E-state index in [9.17, 15) is 9.90 Å². The van der Waals surface area contributed by atoms with Gasteiger partial charge in [-0.3, -0.25) is 4.79 Å². The van der Waals surface area contributed by atoms with Gasteiger partial charge in [0.1, 0.15) is 0 Å². The number of benzene rings is 1. The average Bonchev–Trinajstić information content (AvgIpc) is 3.29. The minimum absolute atomic E-state index is 0.0513. The molecule has 0 radical (unpaired) electrons. The van der Waals surface area contributed by atoms with E-state index in [1.807, 2.05) is 29.2 Å². The molecule has 4 rings (SSSR count). The molecule has 1 N–H and O–H groups in total. The van der Waals surface area contributed by atoms with Crippen LogP contribution in [0, 0.1) is 11.3 Å². The molecule has 0 bridgehead atoms. The van der Waals surface area contributed by atoms with Crippen LogP contribution in [0.2, 0.25) is 5.02 Å². The highest BCUT2D eigenvalue weighted by Gasteiger charge is 2.75. The predicted octanol–water partition coefficient (Wildman–Crippen LogP) is 2.56. The fourth-order valence-electron chi connectivity index (χ4n) is 3.49. The number of amides is 1. The van der Waals surface area contributed by atoms with Gasteiger partial charge < -0.3 is 10.0 Å². The zero-order valence-corrected chi connectivity index (χ0v) is 12.1. The largest absolute Gasteiger partial charge is 0.385 e. The first-order valence-electron chi connectivity index (χ1n) is 7.31. The normalized spacial score (nSPS) is 33.5. The van der Waals surface area contributed by atoms with E-state index in [-0.39, 0.29) is 5.41 Å². The van der Waals surface area contributed by atoms with Crippen molar-refractivity contribution in [2.24, 2.45) is 11.3 Å². The van der Waals surface area contributed by atoms with Gasteiger partial charge in [0, 0.05) is 18.1 Å². The second kappa shape index (κ2) is 3.99. The van der Waals surface area contributed by atoms with Gasteiger partial charge in [-0.25, -0.2) is 0 Å². The Kier molecular flexibility index (Phi) is 2.52. The molecule has 3 aliphatic rings. The van der Waals surface area contributed by atoms with Crippen LogP contribution in [0.4, 0.5) is 0 Å². The minimum atomic E-state index is -0.814. The van der Waals surface area contributed by atoms with Gasteiger partial charge in [0.05, 0.1) is 11.0 Å². The number of rotatable bonds is 2. The Labute approximate surface area is 123 Å². The summed E-state index contributed by atoms with van der Waals surface area (Å²) in [5.74, 6) is 1.02.